The first-order valence-corrected chi connectivity index (χ1v) is 11.5. The molecule has 4 aromatic rings. The number of halogens is 1. The molecule has 3 aromatic carbocycles. The fourth-order valence-corrected chi connectivity index (χ4v) is 4.24. The maximum Gasteiger partial charge on any atom is 0.242 e. The molecular weight excluding hydrogens is 453 g/mol. The summed E-state index contributed by atoms with van der Waals surface area (Å²) in [6.45, 7) is 3.84. The van der Waals surface area contributed by atoms with E-state index in [0.29, 0.717) is 11.0 Å². The summed E-state index contributed by atoms with van der Waals surface area (Å²) in [6.07, 6.45) is 0. The zero-order chi connectivity index (χ0) is 24.1. The van der Waals surface area contributed by atoms with Gasteiger partial charge in [-0.25, -0.2) is 9.07 Å². The molecule has 0 aliphatic rings. The van der Waals surface area contributed by atoms with Crippen molar-refractivity contribution in [3.8, 4) is 5.75 Å². The van der Waals surface area contributed by atoms with Crippen molar-refractivity contribution in [3.63, 3.8) is 0 Å². The van der Waals surface area contributed by atoms with Crippen LogP contribution in [0.1, 0.15) is 27.8 Å². The maximum absolute atomic E-state index is 13.8. The van der Waals surface area contributed by atoms with Gasteiger partial charge in [-0.15, -0.1) is 10.2 Å². The van der Waals surface area contributed by atoms with Gasteiger partial charge in [-0.05, 0) is 48.7 Å². The summed E-state index contributed by atoms with van der Waals surface area (Å²) in [5, 5.41) is 10.9. The summed E-state index contributed by atoms with van der Waals surface area (Å²) in [7, 11) is 0. The normalized spacial score (nSPS) is 11.7. The number of carbonyl (C=O) groups excluding carboxylic acids is 1. The Morgan fingerprint density at radius 1 is 1.09 bits per heavy atom. The number of para-hydroxylation sites is 1. The molecule has 1 aromatic heterocycles. The molecule has 0 radical (unpaired) electrons. The lowest BCUT2D eigenvalue weighted by Crippen LogP contribution is -2.21. The number of nitrogens with zero attached hydrogens (tertiary/aromatic N) is 3. The van der Waals surface area contributed by atoms with E-state index in [4.69, 9.17) is 10.6 Å². The zero-order valence-electron chi connectivity index (χ0n) is 18.7. The molecule has 34 heavy (non-hydrogen) atoms. The molecule has 0 unspecified atom stereocenters. The first kappa shape index (κ1) is 23.3. The van der Waals surface area contributed by atoms with Gasteiger partial charge in [-0.3, -0.25) is 4.79 Å². The number of ether oxygens (including phenoxy) is 1. The number of benzene rings is 3. The average Bonchev–Trinajstić information content (AvgIpc) is 3.18. The first-order chi connectivity index (χ1) is 16.4. The van der Waals surface area contributed by atoms with E-state index < -0.39 is 11.1 Å². The largest absolute Gasteiger partial charge is 0.482 e. The Morgan fingerprint density at radius 3 is 2.59 bits per heavy atom. The minimum Gasteiger partial charge on any atom is -0.482 e. The predicted octanol–water partition coefficient (Wildman–Crippen LogP) is 4.80. The number of nitrogens with two attached hydrogens (primary N) is 1. The van der Waals surface area contributed by atoms with E-state index in [1.54, 1.807) is 12.1 Å². The standard InChI is InChI=1S/C25H24FN5O2S/c1-16-12-13-17(2)20(14-16)28-24(32)23(18-8-4-3-5-9-18)34-25-30-29-22(31(25)27)15-33-21-11-7-6-10-19(21)26/h3-14,23H,15,27H2,1-2H3,(H,28,32)/t23-/m1/s1. The van der Waals surface area contributed by atoms with Crippen LogP contribution in [0.4, 0.5) is 10.1 Å². The van der Waals surface area contributed by atoms with Crippen LogP contribution in [0.3, 0.4) is 0 Å². The molecule has 4 rings (SSSR count). The van der Waals surface area contributed by atoms with Crippen molar-refractivity contribution in [2.75, 3.05) is 11.2 Å². The van der Waals surface area contributed by atoms with Crippen LogP contribution in [-0.2, 0) is 11.4 Å². The quantitative estimate of drug-likeness (QED) is 0.280. The second-order valence-electron chi connectivity index (χ2n) is 7.70. The Hall–Kier alpha value is -3.85. The van der Waals surface area contributed by atoms with Crippen molar-refractivity contribution in [1.29, 1.82) is 0 Å². The Morgan fingerprint density at radius 2 is 1.82 bits per heavy atom. The van der Waals surface area contributed by atoms with Crippen LogP contribution in [0.2, 0.25) is 0 Å². The molecular formula is C25H24FN5O2S. The molecule has 7 nitrogen and oxygen atoms in total. The number of hydrogen-bond donors (Lipinski definition) is 2. The van der Waals surface area contributed by atoms with Gasteiger partial charge in [-0.1, -0.05) is 66.4 Å². The van der Waals surface area contributed by atoms with Crippen LogP contribution in [0.25, 0.3) is 0 Å². The minimum absolute atomic E-state index is 0.0737. The number of anilines is 1. The summed E-state index contributed by atoms with van der Waals surface area (Å²) in [5.74, 6) is 5.89. The second-order valence-corrected chi connectivity index (χ2v) is 8.78. The van der Waals surface area contributed by atoms with Crippen LogP contribution < -0.4 is 15.9 Å². The van der Waals surface area contributed by atoms with Gasteiger partial charge in [0.1, 0.15) is 11.9 Å². The van der Waals surface area contributed by atoms with E-state index in [1.807, 2.05) is 62.4 Å². The van der Waals surface area contributed by atoms with Crippen molar-refractivity contribution < 1.29 is 13.9 Å². The Kier molecular flexibility index (Phi) is 7.12. The molecule has 0 aliphatic carbocycles. The molecule has 3 N–H and O–H groups in total. The van der Waals surface area contributed by atoms with E-state index in [0.717, 1.165) is 22.4 Å². The Labute approximate surface area is 201 Å². The number of thioether (sulfide) groups is 1. The molecule has 0 spiro atoms. The molecule has 0 saturated carbocycles. The lowest BCUT2D eigenvalue weighted by molar-refractivity contribution is -0.115. The van der Waals surface area contributed by atoms with Gasteiger partial charge in [0, 0.05) is 5.69 Å². The highest BCUT2D eigenvalue weighted by Gasteiger charge is 2.26. The lowest BCUT2D eigenvalue weighted by Gasteiger charge is -2.17. The van der Waals surface area contributed by atoms with Crippen molar-refractivity contribution >= 4 is 23.4 Å². The second kappa shape index (κ2) is 10.4. The molecule has 9 heteroatoms. The predicted molar refractivity (Wildman–Crippen MR) is 130 cm³/mol. The first-order valence-electron chi connectivity index (χ1n) is 10.6. The summed E-state index contributed by atoms with van der Waals surface area (Å²) in [4.78, 5) is 13.4. The van der Waals surface area contributed by atoms with Crippen LogP contribution in [0, 0.1) is 19.7 Å². The number of amides is 1. The van der Waals surface area contributed by atoms with E-state index in [-0.39, 0.29) is 18.3 Å². The summed E-state index contributed by atoms with van der Waals surface area (Å²) >= 11 is 1.17. The third-order valence-electron chi connectivity index (χ3n) is 5.14. The van der Waals surface area contributed by atoms with E-state index >= 15 is 0 Å². The maximum atomic E-state index is 13.8. The smallest absolute Gasteiger partial charge is 0.242 e. The van der Waals surface area contributed by atoms with E-state index in [2.05, 4.69) is 15.5 Å². The average molecular weight is 478 g/mol. The number of hydrogen-bond acceptors (Lipinski definition) is 6. The van der Waals surface area contributed by atoms with Crippen LogP contribution in [0.5, 0.6) is 5.75 Å². The van der Waals surface area contributed by atoms with Gasteiger partial charge < -0.3 is 15.9 Å². The van der Waals surface area contributed by atoms with Crippen LogP contribution >= 0.6 is 11.8 Å². The molecule has 0 bridgehead atoms. The number of aryl methyl sites for hydroxylation is 2. The minimum atomic E-state index is -0.632. The van der Waals surface area contributed by atoms with E-state index in [9.17, 15) is 9.18 Å². The highest BCUT2D eigenvalue weighted by Crippen LogP contribution is 2.35. The van der Waals surface area contributed by atoms with Crippen molar-refractivity contribution in [2.45, 2.75) is 30.9 Å². The molecule has 1 heterocycles. The number of nitrogens with one attached hydrogen (secondary N) is 1. The number of nitrogen functional groups attached to an aromatic ring is 1. The fraction of sp³-hybridized carbons (Fsp3) is 0.160. The van der Waals surface area contributed by atoms with Gasteiger partial charge in [0.05, 0.1) is 0 Å². The topological polar surface area (TPSA) is 95.1 Å². The van der Waals surface area contributed by atoms with Crippen LogP contribution in [0.15, 0.2) is 78.0 Å². The van der Waals surface area contributed by atoms with Gasteiger partial charge in [-0.2, -0.15) is 0 Å². The molecule has 0 saturated heterocycles. The third-order valence-corrected chi connectivity index (χ3v) is 6.35. The molecule has 1 amide bonds. The fourth-order valence-electron chi connectivity index (χ4n) is 3.27. The van der Waals surface area contributed by atoms with Gasteiger partial charge in [0.15, 0.2) is 17.4 Å². The third kappa shape index (κ3) is 5.37. The monoisotopic (exact) mass is 477 g/mol. The highest BCUT2D eigenvalue weighted by atomic mass is 32.2. The lowest BCUT2D eigenvalue weighted by atomic mass is 10.1. The molecule has 0 fully saturated rings. The Bertz CT molecular complexity index is 1300. The van der Waals surface area contributed by atoms with Crippen molar-refractivity contribution in [1.82, 2.24) is 14.9 Å². The summed E-state index contributed by atoms with van der Waals surface area (Å²) in [6, 6.07) is 21.4. The van der Waals surface area contributed by atoms with Crippen LogP contribution in [-0.4, -0.2) is 20.8 Å². The number of carbonyl (C=O) groups is 1. The van der Waals surface area contributed by atoms with Gasteiger partial charge in [0.25, 0.3) is 0 Å². The summed E-state index contributed by atoms with van der Waals surface area (Å²) in [5.41, 5.74) is 3.55. The molecule has 1 atom stereocenters. The van der Waals surface area contributed by atoms with E-state index in [1.165, 1.54) is 28.6 Å². The Balaban J connectivity index is 1.55. The SMILES string of the molecule is Cc1ccc(C)c(NC(=O)[C@H](Sc2nnc(COc3ccccc3F)n2N)c2ccccc2)c1. The summed E-state index contributed by atoms with van der Waals surface area (Å²) < 4.78 is 20.6. The zero-order valence-corrected chi connectivity index (χ0v) is 19.6. The molecule has 174 valence electrons. The van der Waals surface area contributed by atoms with Gasteiger partial charge in [0.2, 0.25) is 11.1 Å². The number of aromatic nitrogens is 3. The van der Waals surface area contributed by atoms with Gasteiger partial charge >= 0.3 is 0 Å². The number of rotatable bonds is 8. The van der Waals surface area contributed by atoms with Crippen molar-refractivity contribution in [2.24, 2.45) is 0 Å². The highest BCUT2D eigenvalue weighted by molar-refractivity contribution is 8.00. The molecule has 0 aliphatic heterocycles. The van der Waals surface area contributed by atoms with Crippen molar-refractivity contribution in [3.05, 3.63) is 101 Å².